The van der Waals surface area contributed by atoms with Crippen LogP contribution in [0.15, 0.2) is 48.5 Å². The van der Waals surface area contributed by atoms with Crippen molar-refractivity contribution < 1.29 is 19.1 Å². The van der Waals surface area contributed by atoms with Crippen LogP contribution in [0.2, 0.25) is 0 Å². The lowest BCUT2D eigenvalue weighted by atomic mass is 9.96. The van der Waals surface area contributed by atoms with Crippen LogP contribution in [0.4, 0.5) is 11.4 Å². The molecule has 0 bridgehead atoms. The minimum Gasteiger partial charge on any atom is -0.493 e. The molecular weight excluding hydrogens is 394 g/mol. The van der Waals surface area contributed by atoms with E-state index >= 15 is 0 Å². The van der Waals surface area contributed by atoms with E-state index in [2.05, 4.69) is 10.6 Å². The number of rotatable bonds is 6. The maximum atomic E-state index is 12.8. The second kappa shape index (κ2) is 9.64. The molecule has 0 aliphatic carbocycles. The Morgan fingerprint density at radius 2 is 1.97 bits per heavy atom. The average molecular weight is 421 g/mol. The Morgan fingerprint density at radius 1 is 1.13 bits per heavy atom. The van der Waals surface area contributed by atoms with Gasteiger partial charge in [-0.05, 0) is 55.2 Å². The molecule has 7 heteroatoms. The SMILES string of the molecule is O=C1CCc2cc(NC(=O)C3CCCN(C(=O)CCOc4ccccc4)C3)ccc2N1. The Labute approximate surface area is 181 Å². The molecule has 1 unspecified atom stereocenters. The minimum atomic E-state index is -0.233. The van der Waals surface area contributed by atoms with Crippen LogP contribution in [0, 0.1) is 5.92 Å². The van der Waals surface area contributed by atoms with Crippen LogP contribution in [0.25, 0.3) is 0 Å². The zero-order chi connectivity index (χ0) is 21.6. The number of carbonyl (C=O) groups is 3. The molecule has 1 saturated heterocycles. The first-order valence-corrected chi connectivity index (χ1v) is 10.8. The second-order valence-corrected chi connectivity index (χ2v) is 8.00. The number of nitrogens with one attached hydrogen (secondary N) is 2. The van der Waals surface area contributed by atoms with Crippen molar-refractivity contribution >= 4 is 29.1 Å². The third kappa shape index (κ3) is 5.42. The molecule has 31 heavy (non-hydrogen) atoms. The summed E-state index contributed by atoms with van der Waals surface area (Å²) < 4.78 is 5.62. The van der Waals surface area contributed by atoms with Gasteiger partial charge in [0, 0.05) is 30.9 Å². The van der Waals surface area contributed by atoms with E-state index in [-0.39, 0.29) is 23.6 Å². The van der Waals surface area contributed by atoms with Gasteiger partial charge in [0.2, 0.25) is 17.7 Å². The number of nitrogens with zero attached hydrogens (tertiary/aromatic N) is 1. The number of likely N-dealkylation sites (tertiary alicyclic amines) is 1. The van der Waals surface area contributed by atoms with E-state index in [1.165, 1.54) is 0 Å². The van der Waals surface area contributed by atoms with Crippen molar-refractivity contribution in [2.24, 2.45) is 5.92 Å². The lowest BCUT2D eigenvalue weighted by Gasteiger charge is -2.32. The zero-order valence-corrected chi connectivity index (χ0v) is 17.4. The normalized spacial score (nSPS) is 18.0. The first-order valence-electron chi connectivity index (χ1n) is 10.8. The van der Waals surface area contributed by atoms with Crippen LogP contribution in [0.3, 0.4) is 0 Å². The zero-order valence-electron chi connectivity index (χ0n) is 17.4. The van der Waals surface area contributed by atoms with E-state index in [0.29, 0.717) is 39.0 Å². The van der Waals surface area contributed by atoms with Gasteiger partial charge in [-0.3, -0.25) is 14.4 Å². The van der Waals surface area contributed by atoms with Gasteiger partial charge in [0.15, 0.2) is 0 Å². The third-order valence-corrected chi connectivity index (χ3v) is 5.74. The van der Waals surface area contributed by atoms with Crippen molar-refractivity contribution in [1.29, 1.82) is 0 Å². The third-order valence-electron chi connectivity index (χ3n) is 5.74. The number of para-hydroxylation sites is 1. The summed E-state index contributed by atoms with van der Waals surface area (Å²) in [6, 6.07) is 15.0. The predicted molar refractivity (Wildman–Crippen MR) is 118 cm³/mol. The Bertz CT molecular complexity index is 961. The molecular formula is C24H27N3O4. The summed E-state index contributed by atoms with van der Waals surface area (Å²) >= 11 is 0. The summed E-state index contributed by atoms with van der Waals surface area (Å²) in [5, 5.41) is 5.83. The largest absolute Gasteiger partial charge is 0.493 e. The Hall–Kier alpha value is -3.35. The monoisotopic (exact) mass is 421 g/mol. The number of carbonyl (C=O) groups excluding carboxylic acids is 3. The molecule has 1 atom stereocenters. The molecule has 1 fully saturated rings. The number of benzene rings is 2. The van der Waals surface area contributed by atoms with Crippen LogP contribution < -0.4 is 15.4 Å². The van der Waals surface area contributed by atoms with E-state index in [4.69, 9.17) is 4.74 Å². The average Bonchev–Trinajstić information content (AvgIpc) is 2.80. The fourth-order valence-electron chi connectivity index (χ4n) is 4.05. The summed E-state index contributed by atoms with van der Waals surface area (Å²) in [6.07, 6.45) is 2.98. The van der Waals surface area contributed by atoms with E-state index in [1.807, 2.05) is 42.5 Å². The fourth-order valence-corrected chi connectivity index (χ4v) is 4.05. The summed E-state index contributed by atoms with van der Waals surface area (Å²) in [5.74, 6) is 0.473. The lowest BCUT2D eigenvalue weighted by Crippen LogP contribution is -2.44. The van der Waals surface area contributed by atoms with Gasteiger partial charge in [-0.15, -0.1) is 0 Å². The molecule has 0 aromatic heterocycles. The maximum Gasteiger partial charge on any atom is 0.229 e. The topological polar surface area (TPSA) is 87.7 Å². The van der Waals surface area contributed by atoms with E-state index in [9.17, 15) is 14.4 Å². The van der Waals surface area contributed by atoms with Crippen LogP contribution in [0.5, 0.6) is 5.75 Å². The van der Waals surface area contributed by atoms with Crippen molar-refractivity contribution in [3.63, 3.8) is 0 Å². The van der Waals surface area contributed by atoms with Gasteiger partial charge in [-0.2, -0.15) is 0 Å². The number of ether oxygens (including phenoxy) is 1. The highest BCUT2D eigenvalue weighted by Gasteiger charge is 2.28. The van der Waals surface area contributed by atoms with E-state index in [0.717, 1.165) is 35.5 Å². The van der Waals surface area contributed by atoms with Gasteiger partial charge in [0.1, 0.15) is 5.75 Å². The van der Waals surface area contributed by atoms with Gasteiger partial charge in [0.05, 0.1) is 18.9 Å². The lowest BCUT2D eigenvalue weighted by molar-refractivity contribution is -0.135. The summed E-state index contributed by atoms with van der Waals surface area (Å²) in [4.78, 5) is 38.7. The van der Waals surface area contributed by atoms with Gasteiger partial charge >= 0.3 is 0 Å². The molecule has 0 radical (unpaired) electrons. The molecule has 2 aliphatic rings. The number of aryl methyl sites for hydroxylation is 1. The number of anilines is 2. The molecule has 0 saturated carbocycles. The molecule has 2 heterocycles. The summed E-state index contributed by atoms with van der Waals surface area (Å²) in [5.41, 5.74) is 2.55. The van der Waals surface area contributed by atoms with Crippen LogP contribution >= 0.6 is 0 Å². The number of amides is 3. The second-order valence-electron chi connectivity index (χ2n) is 8.00. The Balaban J connectivity index is 1.28. The first kappa shape index (κ1) is 20.9. The van der Waals surface area contributed by atoms with Crippen molar-refractivity contribution in [3.8, 4) is 5.75 Å². The Morgan fingerprint density at radius 3 is 2.81 bits per heavy atom. The quantitative estimate of drug-likeness (QED) is 0.750. The standard InChI is InChI=1S/C24H27N3O4/c28-22-11-8-17-15-19(9-10-21(17)26-22)25-24(30)18-5-4-13-27(16-18)23(29)12-14-31-20-6-2-1-3-7-20/h1-3,6-7,9-10,15,18H,4-5,8,11-14,16H2,(H,25,30)(H,26,28). The molecule has 4 rings (SSSR count). The predicted octanol–water partition coefficient (Wildman–Crippen LogP) is 3.22. The molecule has 2 N–H and O–H groups in total. The van der Waals surface area contributed by atoms with Gasteiger partial charge < -0.3 is 20.3 Å². The van der Waals surface area contributed by atoms with Gasteiger partial charge in [0.25, 0.3) is 0 Å². The molecule has 7 nitrogen and oxygen atoms in total. The molecule has 2 aliphatic heterocycles. The Kier molecular flexibility index (Phi) is 6.50. The molecule has 0 spiro atoms. The summed E-state index contributed by atoms with van der Waals surface area (Å²) in [6.45, 7) is 1.42. The molecule has 2 aromatic carbocycles. The van der Waals surface area contributed by atoms with Crippen molar-refractivity contribution in [2.75, 3.05) is 30.3 Å². The fraction of sp³-hybridized carbons (Fsp3) is 0.375. The van der Waals surface area contributed by atoms with Crippen molar-refractivity contribution in [2.45, 2.75) is 32.1 Å². The molecule has 3 amide bonds. The molecule has 162 valence electrons. The van der Waals surface area contributed by atoms with Crippen LogP contribution in [0.1, 0.15) is 31.2 Å². The van der Waals surface area contributed by atoms with Gasteiger partial charge in [-0.1, -0.05) is 18.2 Å². The highest BCUT2D eigenvalue weighted by molar-refractivity contribution is 5.96. The number of fused-ring (bicyclic) bond motifs is 1. The maximum absolute atomic E-state index is 12.8. The highest BCUT2D eigenvalue weighted by Crippen LogP contribution is 2.26. The van der Waals surface area contributed by atoms with Crippen molar-refractivity contribution in [1.82, 2.24) is 4.90 Å². The van der Waals surface area contributed by atoms with Gasteiger partial charge in [-0.25, -0.2) is 0 Å². The van der Waals surface area contributed by atoms with E-state index in [1.54, 1.807) is 11.0 Å². The van der Waals surface area contributed by atoms with Crippen LogP contribution in [-0.4, -0.2) is 42.3 Å². The first-order chi connectivity index (χ1) is 15.1. The molecule has 2 aromatic rings. The van der Waals surface area contributed by atoms with E-state index < -0.39 is 0 Å². The minimum absolute atomic E-state index is 0.0120. The highest BCUT2D eigenvalue weighted by atomic mass is 16.5. The van der Waals surface area contributed by atoms with Crippen LogP contribution in [-0.2, 0) is 20.8 Å². The number of piperidine rings is 1. The summed E-state index contributed by atoms with van der Waals surface area (Å²) in [7, 11) is 0. The number of hydrogen-bond acceptors (Lipinski definition) is 4. The smallest absolute Gasteiger partial charge is 0.229 e. The van der Waals surface area contributed by atoms with Crippen molar-refractivity contribution in [3.05, 3.63) is 54.1 Å². The number of hydrogen-bond donors (Lipinski definition) is 2.